The first-order valence-electron chi connectivity index (χ1n) is 8.86. The highest BCUT2D eigenvalue weighted by molar-refractivity contribution is 6.04. The molecule has 1 atom stereocenters. The molecule has 4 rings (SSSR count). The number of benzene rings is 1. The lowest BCUT2D eigenvalue weighted by atomic mass is 10.1. The average Bonchev–Trinajstić information content (AvgIpc) is 3.28. The van der Waals surface area contributed by atoms with Crippen molar-refractivity contribution in [2.45, 2.75) is 32.4 Å². The number of nitrogens with zero attached hydrogens (tertiary/aromatic N) is 3. The minimum Gasteiger partial charge on any atom is -0.463 e. The summed E-state index contributed by atoms with van der Waals surface area (Å²) in [5.74, 6) is -1.08. The van der Waals surface area contributed by atoms with E-state index in [-0.39, 0.29) is 12.6 Å². The minimum atomic E-state index is -0.860. The summed E-state index contributed by atoms with van der Waals surface area (Å²) in [5, 5.41) is 4.97. The molecule has 0 spiro atoms. The summed E-state index contributed by atoms with van der Waals surface area (Å²) in [5.41, 5.74) is 2.47. The molecular formula is C20H19N3O4. The topological polar surface area (TPSA) is 83.3 Å². The third kappa shape index (κ3) is 3.16. The molecule has 1 aliphatic heterocycles. The van der Waals surface area contributed by atoms with Gasteiger partial charge in [-0.25, -0.2) is 19.3 Å². The number of rotatable bonds is 4. The highest BCUT2D eigenvalue weighted by atomic mass is 16.6. The summed E-state index contributed by atoms with van der Waals surface area (Å²) in [6.45, 7) is 4.26. The quantitative estimate of drug-likeness (QED) is 0.661. The van der Waals surface area contributed by atoms with Crippen molar-refractivity contribution in [1.82, 2.24) is 14.8 Å². The largest absolute Gasteiger partial charge is 0.463 e. The molecule has 7 nitrogen and oxygen atoms in total. The Bertz CT molecular complexity index is 1010. The Hall–Kier alpha value is -3.22. The monoisotopic (exact) mass is 365 g/mol. The van der Waals surface area contributed by atoms with Gasteiger partial charge in [-0.05, 0) is 19.9 Å². The van der Waals surface area contributed by atoms with Gasteiger partial charge in [0.25, 0.3) is 0 Å². The van der Waals surface area contributed by atoms with E-state index >= 15 is 0 Å². The number of fused-ring (bicyclic) bond motifs is 1. The molecule has 0 radical (unpaired) electrons. The molecule has 0 N–H and O–H groups in total. The van der Waals surface area contributed by atoms with Crippen molar-refractivity contribution < 1.29 is 19.1 Å². The molecular weight excluding hydrogens is 346 g/mol. The molecule has 0 amide bonds. The molecule has 0 unspecified atom stereocenters. The van der Waals surface area contributed by atoms with Crippen molar-refractivity contribution in [2.24, 2.45) is 0 Å². The van der Waals surface area contributed by atoms with Gasteiger partial charge in [-0.3, -0.25) is 0 Å². The Balaban J connectivity index is 1.82. The summed E-state index contributed by atoms with van der Waals surface area (Å²) in [6.07, 6.45) is 1.12. The van der Waals surface area contributed by atoms with Gasteiger partial charge in [-0.1, -0.05) is 30.3 Å². The second kappa shape index (κ2) is 6.83. The highest BCUT2D eigenvalue weighted by Gasteiger charge is 2.31. The lowest BCUT2D eigenvalue weighted by molar-refractivity contribution is -0.145. The zero-order valence-electron chi connectivity index (χ0n) is 15.1. The molecule has 1 saturated heterocycles. The second-order valence-corrected chi connectivity index (χ2v) is 6.69. The van der Waals surface area contributed by atoms with Gasteiger partial charge in [-0.2, -0.15) is 5.10 Å². The van der Waals surface area contributed by atoms with Crippen LogP contribution < -0.4 is 0 Å². The van der Waals surface area contributed by atoms with E-state index in [1.54, 1.807) is 16.9 Å². The fraction of sp³-hybridized carbons (Fsp3) is 0.300. The Labute approximate surface area is 155 Å². The molecule has 1 aliphatic rings. The lowest BCUT2D eigenvalue weighted by Crippen LogP contribution is -2.23. The van der Waals surface area contributed by atoms with Crippen LogP contribution in [0.5, 0.6) is 0 Å². The van der Waals surface area contributed by atoms with Crippen LogP contribution in [0.4, 0.5) is 0 Å². The molecule has 0 bridgehead atoms. The van der Waals surface area contributed by atoms with Crippen molar-refractivity contribution in [3.8, 4) is 11.3 Å². The Morgan fingerprint density at radius 1 is 1.30 bits per heavy atom. The molecule has 1 aromatic carbocycles. The Kier molecular flexibility index (Phi) is 4.35. The third-order valence-corrected chi connectivity index (χ3v) is 4.48. The van der Waals surface area contributed by atoms with Crippen LogP contribution in [-0.2, 0) is 14.3 Å². The van der Waals surface area contributed by atoms with Crippen LogP contribution in [0.3, 0.4) is 0 Å². The van der Waals surface area contributed by atoms with E-state index in [9.17, 15) is 9.59 Å². The summed E-state index contributed by atoms with van der Waals surface area (Å²) >= 11 is 0. The summed E-state index contributed by atoms with van der Waals surface area (Å²) < 4.78 is 12.0. The molecule has 2 aromatic heterocycles. The van der Waals surface area contributed by atoms with E-state index in [1.807, 2.05) is 44.2 Å². The van der Waals surface area contributed by atoms with Crippen LogP contribution in [0.2, 0.25) is 0 Å². The van der Waals surface area contributed by atoms with Gasteiger partial charge in [0, 0.05) is 18.0 Å². The van der Waals surface area contributed by atoms with E-state index in [4.69, 9.17) is 14.5 Å². The molecule has 3 aromatic rings. The zero-order chi connectivity index (χ0) is 19.0. The van der Waals surface area contributed by atoms with Crippen LogP contribution in [0.25, 0.3) is 22.3 Å². The number of hydrogen-bond donors (Lipinski definition) is 0. The number of pyridine rings is 1. The van der Waals surface area contributed by atoms with E-state index in [1.165, 1.54) is 0 Å². The normalized spacial score (nSPS) is 16.7. The SMILES string of the molecule is CC(C)n1ncc2c(C(=O)O[C@@H]3CCOC3=O)cc(-c3ccccc3)nc21. The number of carbonyl (C=O) groups excluding carboxylic acids is 2. The Morgan fingerprint density at radius 2 is 2.07 bits per heavy atom. The molecule has 1 fully saturated rings. The molecule has 7 heteroatoms. The van der Waals surface area contributed by atoms with E-state index in [2.05, 4.69) is 5.10 Å². The van der Waals surface area contributed by atoms with Crippen LogP contribution in [0, 0.1) is 0 Å². The second-order valence-electron chi connectivity index (χ2n) is 6.69. The van der Waals surface area contributed by atoms with Gasteiger partial charge in [0.15, 0.2) is 5.65 Å². The fourth-order valence-electron chi connectivity index (χ4n) is 3.10. The first-order valence-corrected chi connectivity index (χ1v) is 8.86. The lowest BCUT2D eigenvalue weighted by Gasteiger charge is -2.12. The number of carbonyl (C=O) groups is 2. The predicted molar refractivity (Wildman–Crippen MR) is 98.1 cm³/mol. The first-order chi connectivity index (χ1) is 13.0. The number of esters is 2. The molecule has 0 saturated carbocycles. The molecule has 0 aliphatic carbocycles. The van der Waals surface area contributed by atoms with Crippen molar-refractivity contribution >= 4 is 23.0 Å². The maximum Gasteiger partial charge on any atom is 0.347 e. The van der Waals surface area contributed by atoms with Crippen molar-refractivity contribution in [2.75, 3.05) is 6.61 Å². The van der Waals surface area contributed by atoms with E-state index < -0.39 is 18.0 Å². The number of hydrogen-bond acceptors (Lipinski definition) is 6. The van der Waals surface area contributed by atoms with Gasteiger partial charge >= 0.3 is 11.9 Å². The van der Waals surface area contributed by atoms with Gasteiger partial charge in [0.1, 0.15) is 0 Å². The van der Waals surface area contributed by atoms with Crippen molar-refractivity contribution in [1.29, 1.82) is 0 Å². The van der Waals surface area contributed by atoms with Gasteiger partial charge in [-0.15, -0.1) is 0 Å². The third-order valence-electron chi connectivity index (χ3n) is 4.48. The summed E-state index contributed by atoms with van der Waals surface area (Å²) in [4.78, 5) is 29.2. The van der Waals surface area contributed by atoms with Crippen LogP contribution in [-0.4, -0.2) is 39.4 Å². The predicted octanol–water partition coefficient (Wildman–Crippen LogP) is 3.15. The van der Waals surface area contributed by atoms with Gasteiger partial charge < -0.3 is 9.47 Å². The number of cyclic esters (lactones) is 1. The fourth-order valence-corrected chi connectivity index (χ4v) is 3.10. The van der Waals surface area contributed by atoms with Gasteiger partial charge in [0.2, 0.25) is 6.10 Å². The van der Waals surface area contributed by atoms with E-state index in [0.29, 0.717) is 28.7 Å². The van der Waals surface area contributed by atoms with Crippen LogP contribution in [0.1, 0.15) is 36.7 Å². The molecule has 27 heavy (non-hydrogen) atoms. The summed E-state index contributed by atoms with van der Waals surface area (Å²) in [7, 11) is 0. The first kappa shape index (κ1) is 17.2. The maximum atomic E-state index is 12.8. The zero-order valence-corrected chi connectivity index (χ0v) is 15.1. The van der Waals surface area contributed by atoms with Gasteiger partial charge in [0.05, 0.1) is 29.4 Å². The van der Waals surface area contributed by atoms with E-state index in [0.717, 1.165) is 5.56 Å². The smallest absolute Gasteiger partial charge is 0.347 e. The van der Waals surface area contributed by atoms with Crippen molar-refractivity contribution in [3.63, 3.8) is 0 Å². The summed E-state index contributed by atoms with van der Waals surface area (Å²) in [6, 6.07) is 11.4. The number of ether oxygens (including phenoxy) is 2. The van der Waals surface area contributed by atoms with Crippen LogP contribution >= 0.6 is 0 Å². The molecule has 138 valence electrons. The molecule has 3 heterocycles. The Morgan fingerprint density at radius 3 is 2.74 bits per heavy atom. The number of aromatic nitrogens is 3. The van der Waals surface area contributed by atoms with Crippen LogP contribution in [0.15, 0.2) is 42.6 Å². The van der Waals surface area contributed by atoms with Crippen molar-refractivity contribution in [3.05, 3.63) is 48.2 Å². The average molecular weight is 365 g/mol. The highest BCUT2D eigenvalue weighted by Crippen LogP contribution is 2.27. The maximum absolute atomic E-state index is 12.8. The minimum absolute atomic E-state index is 0.0784. The standard InChI is InChI=1S/C20H19N3O4/c1-12(2)23-18-15(11-21-23)14(19(24)27-17-8-9-26-20(17)25)10-16(22-18)13-6-4-3-5-7-13/h3-7,10-12,17H,8-9H2,1-2H3/t17-/m1/s1.